The number of aliphatic hydroxyl groups excluding tert-OH is 1. The number of ether oxygens (including phenoxy) is 1. The summed E-state index contributed by atoms with van der Waals surface area (Å²) in [5.74, 6) is -0.360. The molecule has 2 amide bonds. The van der Waals surface area contributed by atoms with Crippen molar-refractivity contribution in [3.63, 3.8) is 0 Å². The van der Waals surface area contributed by atoms with E-state index in [1.165, 1.54) is 35.6 Å². The van der Waals surface area contributed by atoms with E-state index in [0.29, 0.717) is 5.69 Å². The van der Waals surface area contributed by atoms with Gasteiger partial charge in [0.25, 0.3) is 0 Å². The quantitative estimate of drug-likeness (QED) is 0.733. The molecule has 1 aromatic heterocycles. The molecule has 118 valence electrons. The molecule has 7 heteroatoms. The van der Waals surface area contributed by atoms with Crippen molar-refractivity contribution in [2.45, 2.75) is 6.10 Å². The molecule has 1 atom stereocenters. The van der Waals surface area contributed by atoms with Crippen molar-refractivity contribution in [1.29, 1.82) is 0 Å². The van der Waals surface area contributed by atoms with E-state index >= 15 is 0 Å². The Hall–Kier alpha value is -1.96. The highest BCUT2D eigenvalue weighted by atomic mass is 32.1. The van der Waals surface area contributed by atoms with Gasteiger partial charge in [0.2, 0.25) is 0 Å². The zero-order chi connectivity index (χ0) is 15.8. The maximum absolute atomic E-state index is 12.8. The zero-order valence-electron chi connectivity index (χ0n) is 11.8. The summed E-state index contributed by atoms with van der Waals surface area (Å²) >= 11 is 1.53. The summed E-state index contributed by atoms with van der Waals surface area (Å²) in [5.41, 5.74) is 1.45. The van der Waals surface area contributed by atoms with Gasteiger partial charge in [0.1, 0.15) is 11.9 Å². The van der Waals surface area contributed by atoms with Crippen LogP contribution in [0.15, 0.2) is 41.1 Å². The normalized spacial score (nSPS) is 11.9. The molecule has 0 saturated heterocycles. The van der Waals surface area contributed by atoms with Gasteiger partial charge in [-0.05, 0) is 46.7 Å². The highest BCUT2D eigenvalue weighted by molar-refractivity contribution is 7.07. The molecule has 0 aliphatic rings. The highest BCUT2D eigenvalue weighted by Gasteiger charge is 2.14. The predicted octanol–water partition coefficient (Wildman–Crippen LogP) is 2.76. The van der Waals surface area contributed by atoms with Crippen LogP contribution >= 0.6 is 11.3 Å². The first kappa shape index (κ1) is 16.4. The van der Waals surface area contributed by atoms with Crippen molar-refractivity contribution in [2.75, 3.05) is 25.1 Å². The van der Waals surface area contributed by atoms with Gasteiger partial charge in [-0.25, -0.2) is 9.18 Å². The number of thiophene rings is 1. The number of carbonyl (C=O) groups excluding carboxylic acids is 1. The number of hydrogen-bond donors (Lipinski definition) is 3. The molecule has 0 radical (unpaired) electrons. The Morgan fingerprint density at radius 3 is 2.73 bits per heavy atom. The van der Waals surface area contributed by atoms with E-state index < -0.39 is 6.03 Å². The van der Waals surface area contributed by atoms with Crippen molar-refractivity contribution in [1.82, 2.24) is 5.32 Å². The third kappa shape index (κ3) is 5.10. The van der Waals surface area contributed by atoms with Crippen molar-refractivity contribution in [3.8, 4) is 0 Å². The fraction of sp³-hybridized carbons (Fsp3) is 0.267. The number of hydrogen-bond acceptors (Lipinski definition) is 4. The second-order valence-electron chi connectivity index (χ2n) is 4.48. The fourth-order valence-corrected chi connectivity index (χ4v) is 2.52. The van der Waals surface area contributed by atoms with Crippen LogP contribution < -0.4 is 10.6 Å². The molecule has 1 heterocycles. The van der Waals surface area contributed by atoms with Gasteiger partial charge in [0.15, 0.2) is 0 Å². The van der Waals surface area contributed by atoms with E-state index in [2.05, 4.69) is 10.6 Å². The van der Waals surface area contributed by atoms with Crippen molar-refractivity contribution < 1.29 is 19.0 Å². The molecule has 3 N–H and O–H groups in total. The van der Waals surface area contributed by atoms with Crippen LogP contribution in [0, 0.1) is 5.82 Å². The lowest BCUT2D eigenvalue weighted by molar-refractivity contribution is 0.0299. The van der Waals surface area contributed by atoms with Gasteiger partial charge in [0, 0.05) is 12.2 Å². The van der Waals surface area contributed by atoms with Crippen LogP contribution in [0.5, 0.6) is 0 Å². The highest BCUT2D eigenvalue weighted by Crippen LogP contribution is 2.19. The SMILES string of the molecule is O=C(NCC(OCCO)c1ccsc1)Nc1ccc(F)cc1. The van der Waals surface area contributed by atoms with Gasteiger partial charge < -0.3 is 20.5 Å². The first-order valence-corrected chi connectivity index (χ1v) is 7.68. The molecule has 0 spiro atoms. The van der Waals surface area contributed by atoms with Crippen LogP contribution in [-0.4, -0.2) is 30.9 Å². The zero-order valence-corrected chi connectivity index (χ0v) is 12.6. The Morgan fingerprint density at radius 2 is 2.09 bits per heavy atom. The average molecular weight is 324 g/mol. The maximum atomic E-state index is 12.8. The minimum absolute atomic E-state index is 0.0809. The third-order valence-electron chi connectivity index (χ3n) is 2.88. The van der Waals surface area contributed by atoms with Crippen LogP contribution in [0.4, 0.5) is 14.9 Å². The van der Waals surface area contributed by atoms with E-state index in [4.69, 9.17) is 9.84 Å². The van der Waals surface area contributed by atoms with Crippen LogP contribution in [-0.2, 0) is 4.74 Å². The van der Waals surface area contributed by atoms with E-state index in [1.54, 1.807) is 0 Å². The summed E-state index contributed by atoms with van der Waals surface area (Å²) in [5, 5.41) is 18.0. The fourth-order valence-electron chi connectivity index (χ4n) is 1.82. The van der Waals surface area contributed by atoms with Crippen LogP contribution in [0.25, 0.3) is 0 Å². The molecule has 2 rings (SSSR count). The number of carbonyl (C=O) groups is 1. The molecule has 0 bridgehead atoms. The molecule has 5 nitrogen and oxygen atoms in total. The largest absolute Gasteiger partial charge is 0.394 e. The number of rotatable bonds is 7. The van der Waals surface area contributed by atoms with Gasteiger partial charge >= 0.3 is 6.03 Å². The summed E-state index contributed by atoms with van der Waals surface area (Å²) < 4.78 is 18.3. The van der Waals surface area contributed by atoms with E-state index in [1.807, 2.05) is 16.8 Å². The molecule has 22 heavy (non-hydrogen) atoms. The molecular weight excluding hydrogens is 307 g/mol. The molecule has 1 aromatic carbocycles. The summed E-state index contributed by atoms with van der Waals surface area (Å²) in [6, 6.07) is 7.01. The van der Waals surface area contributed by atoms with Gasteiger partial charge in [-0.1, -0.05) is 0 Å². The molecule has 0 saturated carbocycles. The first-order chi connectivity index (χ1) is 10.7. The standard InChI is InChI=1S/C15H17FN2O3S/c16-12-1-3-13(4-2-12)18-15(20)17-9-14(21-7-6-19)11-5-8-22-10-11/h1-5,8,10,14,19H,6-7,9H2,(H2,17,18,20). The van der Waals surface area contributed by atoms with Crippen molar-refractivity contribution >= 4 is 23.1 Å². The first-order valence-electron chi connectivity index (χ1n) is 6.74. The Labute approximate surface area is 131 Å². The molecule has 1 unspecified atom stereocenters. The topological polar surface area (TPSA) is 70.6 Å². The Morgan fingerprint density at radius 1 is 1.32 bits per heavy atom. The number of amides is 2. The van der Waals surface area contributed by atoms with E-state index in [9.17, 15) is 9.18 Å². The number of nitrogens with one attached hydrogen (secondary N) is 2. The van der Waals surface area contributed by atoms with E-state index in [-0.39, 0.29) is 31.7 Å². The molecule has 0 aliphatic heterocycles. The monoisotopic (exact) mass is 324 g/mol. The Balaban J connectivity index is 1.85. The second kappa shape index (κ2) is 8.47. The van der Waals surface area contributed by atoms with Crippen LogP contribution in [0.3, 0.4) is 0 Å². The Bertz CT molecular complexity index is 575. The smallest absolute Gasteiger partial charge is 0.319 e. The van der Waals surface area contributed by atoms with Gasteiger partial charge in [-0.3, -0.25) is 0 Å². The van der Waals surface area contributed by atoms with Crippen molar-refractivity contribution in [2.24, 2.45) is 0 Å². The van der Waals surface area contributed by atoms with Gasteiger partial charge in [0.05, 0.1) is 13.2 Å². The number of anilines is 1. The lowest BCUT2D eigenvalue weighted by atomic mass is 10.2. The number of benzene rings is 1. The lowest BCUT2D eigenvalue weighted by Crippen LogP contribution is -2.33. The number of halogens is 1. The van der Waals surface area contributed by atoms with Crippen LogP contribution in [0.1, 0.15) is 11.7 Å². The van der Waals surface area contributed by atoms with Gasteiger partial charge in [-0.15, -0.1) is 0 Å². The lowest BCUT2D eigenvalue weighted by Gasteiger charge is -2.17. The van der Waals surface area contributed by atoms with Gasteiger partial charge in [-0.2, -0.15) is 11.3 Å². The van der Waals surface area contributed by atoms with E-state index in [0.717, 1.165) is 5.56 Å². The van der Waals surface area contributed by atoms with Crippen LogP contribution in [0.2, 0.25) is 0 Å². The minimum Gasteiger partial charge on any atom is -0.394 e. The second-order valence-corrected chi connectivity index (χ2v) is 5.26. The molecule has 0 fully saturated rings. The molecule has 0 aliphatic carbocycles. The Kier molecular flexibility index (Phi) is 6.32. The summed E-state index contributed by atoms with van der Waals surface area (Å²) in [7, 11) is 0. The maximum Gasteiger partial charge on any atom is 0.319 e. The number of aliphatic hydroxyl groups is 1. The molecule has 2 aromatic rings. The predicted molar refractivity (Wildman–Crippen MR) is 83.5 cm³/mol. The average Bonchev–Trinajstić information content (AvgIpc) is 3.04. The van der Waals surface area contributed by atoms with Crippen molar-refractivity contribution in [3.05, 3.63) is 52.5 Å². The summed E-state index contributed by atoms with van der Waals surface area (Å²) in [4.78, 5) is 11.8. The summed E-state index contributed by atoms with van der Waals surface area (Å²) in [6.45, 7) is 0.383. The minimum atomic E-state index is -0.403. The third-order valence-corrected chi connectivity index (χ3v) is 3.58. The summed E-state index contributed by atoms with van der Waals surface area (Å²) in [6.07, 6.45) is -0.322. The molecular formula is C15H17FN2O3S. The number of urea groups is 1.